The number of fused-ring (bicyclic) bond motifs is 1. The Morgan fingerprint density at radius 2 is 2.20 bits per heavy atom. The van der Waals surface area contributed by atoms with Gasteiger partial charge in [0.05, 0.1) is 24.8 Å². The largest absolute Gasteiger partial charge is 0.492 e. The summed E-state index contributed by atoms with van der Waals surface area (Å²) in [7, 11) is -3.60. The lowest BCUT2D eigenvalue weighted by molar-refractivity contribution is 0.111. The van der Waals surface area contributed by atoms with Gasteiger partial charge in [0.25, 0.3) is 0 Å². The second-order valence-corrected chi connectivity index (χ2v) is 8.36. The van der Waals surface area contributed by atoms with Gasteiger partial charge in [-0.2, -0.15) is 0 Å². The third-order valence-corrected chi connectivity index (χ3v) is 5.65. The van der Waals surface area contributed by atoms with Gasteiger partial charge in [0, 0.05) is 18.0 Å². The van der Waals surface area contributed by atoms with Crippen LogP contribution in [-0.4, -0.2) is 60.6 Å². The van der Waals surface area contributed by atoms with E-state index in [9.17, 15) is 13.2 Å². The number of carbonyl (C=O) groups excluding carboxylic acids is 1. The van der Waals surface area contributed by atoms with Crippen LogP contribution in [-0.2, 0) is 10.0 Å². The molecule has 25 heavy (non-hydrogen) atoms. The van der Waals surface area contributed by atoms with Crippen LogP contribution in [0.3, 0.4) is 0 Å². The Morgan fingerprint density at radius 3 is 2.84 bits per heavy atom. The highest BCUT2D eigenvalue weighted by atomic mass is 32.2. The molecule has 0 radical (unpaired) electrons. The molecule has 0 bridgehead atoms. The third kappa shape index (κ3) is 3.85. The Hall–Kier alpha value is -1.93. The highest BCUT2D eigenvalue weighted by molar-refractivity contribution is 7.89. The summed E-state index contributed by atoms with van der Waals surface area (Å²) in [5.41, 5.74) is 0.299. The maximum atomic E-state index is 11.9. The second-order valence-electron chi connectivity index (χ2n) is 6.53. The Balaban J connectivity index is 1.68. The Labute approximate surface area is 147 Å². The highest BCUT2D eigenvalue weighted by Gasteiger charge is 2.19. The summed E-state index contributed by atoms with van der Waals surface area (Å²) >= 11 is 0. The minimum absolute atomic E-state index is 0.0603. The molecule has 2 aromatic heterocycles. The first kappa shape index (κ1) is 17.9. The number of aldehydes is 1. The van der Waals surface area contributed by atoms with Crippen molar-refractivity contribution in [2.75, 3.05) is 26.0 Å². The number of hydrogen-bond donors (Lipinski definition) is 0. The zero-order valence-electron chi connectivity index (χ0n) is 14.5. The van der Waals surface area contributed by atoms with Crippen LogP contribution >= 0.6 is 0 Å². The molecule has 0 aliphatic carbocycles. The van der Waals surface area contributed by atoms with Crippen LogP contribution in [0.4, 0.5) is 0 Å². The smallest absolute Gasteiger partial charge is 0.237 e. The lowest BCUT2D eigenvalue weighted by atomic mass is 10.2. The molecule has 8 heteroatoms. The zero-order chi connectivity index (χ0) is 18.0. The van der Waals surface area contributed by atoms with Gasteiger partial charge in [0.15, 0.2) is 11.9 Å². The molecule has 1 aliphatic heterocycles. The van der Waals surface area contributed by atoms with Crippen molar-refractivity contribution in [2.24, 2.45) is 0 Å². The van der Waals surface area contributed by atoms with Crippen molar-refractivity contribution in [2.45, 2.75) is 32.2 Å². The van der Waals surface area contributed by atoms with Gasteiger partial charge in [0.2, 0.25) is 10.0 Å². The predicted molar refractivity (Wildman–Crippen MR) is 95.7 cm³/mol. The molecule has 7 nitrogen and oxygen atoms in total. The molecule has 1 aliphatic rings. The van der Waals surface area contributed by atoms with Crippen molar-refractivity contribution in [3.8, 4) is 5.75 Å². The molecule has 2 aromatic rings. The van der Waals surface area contributed by atoms with Crippen molar-refractivity contribution in [1.29, 1.82) is 0 Å². The van der Waals surface area contributed by atoms with Crippen molar-refractivity contribution in [3.05, 3.63) is 24.0 Å². The molecular weight excluding hydrogens is 342 g/mol. The van der Waals surface area contributed by atoms with E-state index in [4.69, 9.17) is 4.74 Å². The molecule has 1 saturated heterocycles. The Kier molecular flexibility index (Phi) is 5.10. The van der Waals surface area contributed by atoms with Gasteiger partial charge < -0.3 is 9.64 Å². The molecule has 1 atom stereocenters. The molecule has 0 unspecified atom stereocenters. The van der Waals surface area contributed by atoms with Crippen molar-refractivity contribution >= 4 is 27.3 Å². The molecule has 0 saturated carbocycles. The monoisotopic (exact) mass is 365 g/mol. The van der Waals surface area contributed by atoms with Gasteiger partial charge in [-0.1, -0.05) is 0 Å². The molecule has 0 spiro atoms. The second kappa shape index (κ2) is 7.13. The topological polar surface area (TPSA) is 81.5 Å². The van der Waals surface area contributed by atoms with Crippen LogP contribution < -0.4 is 4.74 Å². The molecular formula is C17H23N3O4S. The summed E-state index contributed by atoms with van der Waals surface area (Å²) < 4.78 is 30.4. The fourth-order valence-electron chi connectivity index (χ4n) is 3.36. The molecule has 3 heterocycles. The molecule has 0 aromatic carbocycles. The maximum absolute atomic E-state index is 11.9. The number of pyridine rings is 1. The molecule has 0 amide bonds. The minimum Gasteiger partial charge on any atom is -0.492 e. The van der Waals surface area contributed by atoms with Crippen LogP contribution in [0.25, 0.3) is 11.0 Å². The predicted octanol–water partition coefficient (Wildman–Crippen LogP) is 1.91. The quantitative estimate of drug-likeness (QED) is 0.551. The summed E-state index contributed by atoms with van der Waals surface area (Å²) in [5.74, 6) is 0.574. The van der Waals surface area contributed by atoms with Gasteiger partial charge >= 0.3 is 0 Å². The number of aromatic nitrogens is 2. The number of hydrogen-bond acceptors (Lipinski definition) is 6. The minimum atomic E-state index is -3.60. The van der Waals surface area contributed by atoms with E-state index in [2.05, 4.69) is 16.8 Å². The summed E-state index contributed by atoms with van der Waals surface area (Å²) in [4.78, 5) is 17.8. The van der Waals surface area contributed by atoms with Crippen LogP contribution in [0, 0.1) is 0 Å². The van der Waals surface area contributed by atoms with E-state index in [1.807, 2.05) is 0 Å². The summed E-state index contributed by atoms with van der Waals surface area (Å²) in [6, 6.07) is 3.88. The number of carbonyl (C=O) groups is 1. The number of nitrogens with zero attached hydrogens (tertiary/aromatic N) is 3. The van der Waals surface area contributed by atoms with Crippen LogP contribution in [0.5, 0.6) is 5.75 Å². The molecule has 3 rings (SSSR count). The first-order chi connectivity index (χ1) is 11.9. The van der Waals surface area contributed by atoms with E-state index in [1.54, 1.807) is 6.07 Å². The van der Waals surface area contributed by atoms with Crippen molar-refractivity contribution < 1.29 is 17.9 Å². The number of rotatable bonds is 7. The van der Waals surface area contributed by atoms with Crippen molar-refractivity contribution in [3.63, 3.8) is 0 Å². The van der Waals surface area contributed by atoms with Crippen LogP contribution in [0.2, 0.25) is 0 Å². The highest BCUT2D eigenvalue weighted by Crippen LogP contribution is 2.23. The van der Waals surface area contributed by atoms with Crippen LogP contribution in [0.1, 0.15) is 36.7 Å². The van der Waals surface area contributed by atoms with Gasteiger partial charge in [-0.25, -0.2) is 17.4 Å². The van der Waals surface area contributed by atoms with Gasteiger partial charge in [-0.3, -0.25) is 4.79 Å². The average molecular weight is 365 g/mol. The normalized spacial score (nSPS) is 18.7. The first-order valence-corrected chi connectivity index (χ1v) is 10.3. The summed E-state index contributed by atoms with van der Waals surface area (Å²) in [6.45, 7) is 4.99. The van der Waals surface area contributed by atoms with Crippen LogP contribution in [0.15, 0.2) is 18.3 Å². The fraction of sp³-hybridized carbons (Fsp3) is 0.529. The van der Waals surface area contributed by atoms with Gasteiger partial charge in [-0.05, 0) is 44.9 Å². The van der Waals surface area contributed by atoms with Crippen molar-refractivity contribution in [1.82, 2.24) is 13.9 Å². The Bertz CT molecular complexity index is 875. The number of ether oxygens (including phenoxy) is 1. The average Bonchev–Trinajstić information content (AvgIpc) is 3.13. The Morgan fingerprint density at radius 1 is 1.40 bits per heavy atom. The zero-order valence-corrected chi connectivity index (χ0v) is 15.3. The lowest BCUT2D eigenvalue weighted by Gasteiger charge is -2.20. The summed E-state index contributed by atoms with van der Waals surface area (Å²) in [5, 5.41) is 0.568. The molecule has 1 fully saturated rings. The van der Waals surface area contributed by atoms with Gasteiger partial charge in [-0.15, -0.1) is 0 Å². The van der Waals surface area contributed by atoms with E-state index in [-0.39, 0.29) is 11.3 Å². The first-order valence-electron chi connectivity index (χ1n) is 8.44. The van der Waals surface area contributed by atoms with E-state index in [0.717, 1.165) is 29.7 Å². The van der Waals surface area contributed by atoms with E-state index < -0.39 is 10.0 Å². The SMILES string of the molecule is C[C@H]1CCCN1CCCOc1cnc2c(c1)cc(C=O)n2S(C)(=O)=O. The fourth-order valence-corrected chi connectivity index (χ4v) is 4.31. The maximum Gasteiger partial charge on any atom is 0.237 e. The summed E-state index contributed by atoms with van der Waals surface area (Å²) in [6.07, 6.45) is 6.51. The standard InChI is InChI=1S/C17H23N3O4S/c1-13-5-3-6-19(13)7-4-8-24-16-10-14-9-15(12-21)20(25(2,22)23)17(14)18-11-16/h9-13H,3-8H2,1-2H3/t13-/m0/s1. The van der Waals surface area contributed by atoms with Gasteiger partial charge in [0.1, 0.15) is 5.75 Å². The molecule has 136 valence electrons. The lowest BCUT2D eigenvalue weighted by Crippen LogP contribution is -2.28. The molecule has 0 N–H and O–H groups in total. The third-order valence-electron chi connectivity index (χ3n) is 4.60. The van der Waals surface area contributed by atoms with E-state index in [1.165, 1.54) is 25.1 Å². The van der Waals surface area contributed by atoms with E-state index in [0.29, 0.717) is 30.1 Å². The van der Waals surface area contributed by atoms with E-state index >= 15 is 0 Å². The number of likely N-dealkylation sites (tertiary alicyclic amines) is 1.